The fraction of sp³-hybridized carbons (Fsp3) is 0.182. The Morgan fingerprint density at radius 2 is 1.77 bits per heavy atom. The van der Waals surface area contributed by atoms with Gasteiger partial charge in [0, 0.05) is 0 Å². The van der Waals surface area contributed by atoms with E-state index in [1.54, 1.807) is 24.3 Å². The van der Waals surface area contributed by atoms with Crippen LogP contribution in [0.15, 0.2) is 60.7 Å². The average molecular weight is 346 g/mol. The van der Waals surface area contributed by atoms with Gasteiger partial charge in [-0.15, -0.1) is 0 Å². The van der Waals surface area contributed by atoms with E-state index in [2.05, 4.69) is 32.0 Å². The van der Waals surface area contributed by atoms with Gasteiger partial charge in [-0.25, -0.2) is 4.79 Å². The van der Waals surface area contributed by atoms with Crippen molar-refractivity contribution in [2.24, 2.45) is 0 Å². The van der Waals surface area contributed by atoms with Crippen LogP contribution in [0.5, 0.6) is 0 Å². The van der Waals surface area contributed by atoms with E-state index in [-0.39, 0.29) is 0 Å². The summed E-state index contributed by atoms with van der Waals surface area (Å²) in [5, 5.41) is 13.7. The molecule has 1 heterocycles. The van der Waals surface area contributed by atoms with Crippen LogP contribution in [0.1, 0.15) is 52.6 Å². The fourth-order valence-electron chi connectivity index (χ4n) is 2.67. The highest BCUT2D eigenvalue weighted by Gasteiger charge is 2.09. The summed E-state index contributed by atoms with van der Waals surface area (Å²) in [6.07, 6.45) is 4.01. The number of benzene rings is 2. The molecule has 0 atom stereocenters. The Morgan fingerprint density at radius 1 is 1.08 bits per heavy atom. The first-order valence-electron chi connectivity index (χ1n) is 8.66. The summed E-state index contributed by atoms with van der Waals surface area (Å²) in [6, 6.07) is 19.2. The number of hydrogen-bond donors (Lipinski definition) is 1. The molecule has 3 aromatic rings. The third kappa shape index (κ3) is 4.28. The summed E-state index contributed by atoms with van der Waals surface area (Å²) in [4.78, 5) is 10.9. The van der Waals surface area contributed by atoms with Crippen LogP contribution in [0.25, 0.3) is 12.2 Å². The molecule has 4 heteroatoms. The van der Waals surface area contributed by atoms with Crippen LogP contribution in [0.4, 0.5) is 0 Å². The van der Waals surface area contributed by atoms with E-state index in [4.69, 9.17) is 10.2 Å². The molecule has 2 aromatic carbocycles. The van der Waals surface area contributed by atoms with Crippen LogP contribution in [-0.2, 0) is 6.54 Å². The summed E-state index contributed by atoms with van der Waals surface area (Å²) < 4.78 is 2.01. The molecular weight excluding hydrogens is 324 g/mol. The molecule has 0 spiro atoms. The standard InChI is InChI=1S/C22H22N2O2/c1-16(2)21-14-20(24(23-21)15-18-6-4-3-5-7-18)13-10-17-8-11-19(12-9-17)22(25)26/h3-14,16H,15H2,1-2H3,(H,25,26)/b13-10+. The lowest BCUT2D eigenvalue weighted by atomic mass is 10.1. The Morgan fingerprint density at radius 3 is 2.38 bits per heavy atom. The third-order valence-corrected chi connectivity index (χ3v) is 4.20. The number of rotatable bonds is 6. The third-order valence-electron chi connectivity index (χ3n) is 4.20. The van der Waals surface area contributed by atoms with E-state index in [9.17, 15) is 4.79 Å². The lowest BCUT2D eigenvalue weighted by molar-refractivity contribution is 0.0697. The zero-order valence-electron chi connectivity index (χ0n) is 15.0. The predicted octanol–water partition coefficient (Wildman–Crippen LogP) is 4.92. The van der Waals surface area contributed by atoms with Crippen LogP contribution in [0.2, 0.25) is 0 Å². The quantitative estimate of drug-likeness (QED) is 0.689. The van der Waals surface area contributed by atoms with Gasteiger partial charge < -0.3 is 5.11 Å². The molecule has 3 rings (SSSR count). The second-order valence-corrected chi connectivity index (χ2v) is 6.55. The number of nitrogens with zero attached hydrogens (tertiary/aromatic N) is 2. The van der Waals surface area contributed by atoms with Crippen molar-refractivity contribution in [2.75, 3.05) is 0 Å². The molecule has 4 nitrogen and oxygen atoms in total. The SMILES string of the molecule is CC(C)c1cc(/C=C/c2ccc(C(=O)O)cc2)n(Cc2ccccc2)n1. The number of carboxylic acids is 1. The van der Waals surface area contributed by atoms with Gasteiger partial charge in [0.25, 0.3) is 0 Å². The molecule has 0 fully saturated rings. The van der Waals surface area contributed by atoms with Crippen LogP contribution in [-0.4, -0.2) is 20.9 Å². The molecule has 0 aliphatic rings. The lowest BCUT2D eigenvalue weighted by Crippen LogP contribution is -2.04. The number of aromatic nitrogens is 2. The van der Waals surface area contributed by atoms with Crippen molar-refractivity contribution in [3.05, 3.63) is 88.7 Å². The first-order chi connectivity index (χ1) is 12.5. The van der Waals surface area contributed by atoms with Crippen LogP contribution in [0, 0.1) is 0 Å². The molecule has 0 unspecified atom stereocenters. The molecule has 0 aliphatic carbocycles. The molecule has 132 valence electrons. The summed E-state index contributed by atoms with van der Waals surface area (Å²) in [5.41, 5.74) is 4.53. The van der Waals surface area contributed by atoms with E-state index in [1.165, 1.54) is 5.56 Å². The van der Waals surface area contributed by atoms with Gasteiger partial charge in [0.1, 0.15) is 0 Å². The zero-order chi connectivity index (χ0) is 18.5. The van der Waals surface area contributed by atoms with Gasteiger partial charge in [0.2, 0.25) is 0 Å². The largest absolute Gasteiger partial charge is 0.478 e. The van der Waals surface area contributed by atoms with Gasteiger partial charge in [-0.05, 0) is 41.3 Å². The van der Waals surface area contributed by atoms with Crippen molar-refractivity contribution in [1.29, 1.82) is 0 Å². The molecule has 26 heavy (non-hydrogen) atoms. The molecule has 0 radical (unpaired) electrons. The molecule has 0 aliphatic heterocycles. The molecule has 0 amide bonds. The zero-order valence-corrected chi connectivity index (χ0v) is 15.0. The van der Waals surface area contributed by atoms with Gasteiger partial charge >= 0.3 is 5.97 Å². The highest BCUT2D eigenvalue weighted by molar-refractivity contribution is 5.88. The second-order valence-electron chi connectivity index (χ2n) is 6.55. The molecule has 0 saturated carbocycles. The van der Waals surface area contributed by atoms with Crippen molar-refractivity contribution in [2.45, 2.75) is 26.3 Å². The number of carbonyl (C=O) groups is 1. The van der Waals surface area contributed by atoms with Crippen molar-refractivity contribution in [3.8, 4) is 0 Å². The van der Waals surface area contributed by atoms with Crippen molar-refractivity contribution in [3.63, 3.8) is 0 Å². The summed E-state index contributed by atoms with van der Waals surface area (Å²) in [6.45, 7) is 4.98. The first kappa shape index (κ1) is 17.7. The number of aromatic carboxylic acids is 1. The minimum Gasteiger partial charge on any atom is -0.478 e. The van der Waals surface area contributed by atoms with Crippen molar-refractivity contribution in [1.82, 2.24) is 9.78 Å². The number of hydrogen-bond acceptors (Lipinski definition) is 2. The normalized spacial score (nSPS) is 11.3. The monoisotopic (exact) mass is 346 g/mol. The van der Waals surface area contributed by atoms with Gasteiger partial charge in [-0.1, -0.05) is 62.4 Å². The Hall–Kier alpha value is -3.14. The van der Waals surface area contributed by atoms with Crippen LogP contribution in [0.3, 0.4) is 0 Å². The van der Waals surface area contributed by atoms with Gasteiger partial charge in [0.05, 0.1) is 23.5 Å². The molecule has 1 N–H and O–H groups in total. The summed E-state index contributed by atoms with van der Waals surface area (Å²) in [5.74, 6) is -0.558. The molecule has 1 aromatic heterocycles. The summed E-state index contributed by atoms with van der Waals surface area (Å²) in [7, 11) is 0. The van der Waals surface area contributed by atoms with Crippen molar-refractivity contribution < 1.29 is 9.90 Å². The fourth-order valence-corrected chi connectivity index (χ4v) is 2.67. The van der Waals surface area contributed by atoms with E-state index in [0.717, 1.165) is 17.0 Å². The van der Waals surface area contributed by atoms with Gasteiger partial charge in [0.15, 0.2) is 0 Å². The predicted molar refractivity (Wildman–Crippen MR) is 104 cm³/mol. The molecule has 0 bridgehead atoms. The number of carboxylic acid groups (broad SMARTS) is 1. The summed E-state index contributed by atoms with van der Waals surface area (Å²) >= 11 is 0. The Kier molecular flexibility index (Phi) is 5.32. The maximum absolute atomic E-state index is 10.9. The highest BCUT2D eigenvalue weighted by atomic mass is 16.4. The maximum atomic E-state index is 10.9. The van der Waals surface area contributed by atoms with Crippen LogP contribution < -0.4 is 0 Å². The smallest absolute Gasteiger partial charge is 0.335 e. The maximum Gasteiger partial charge on any atom is 0.335 e. The van der Waals surface area contributed by atoms with Crippen molar-refractivity contribution >= 4 is 18.1 Å². The Labute approximate surface area is 153 Å². The lowest BCUT2D eigenvalue weighted by Gasteiger charge is -2.05. The minimum absolute atomic E-state index is 0.290. The van der Waals surface area contributed by atoms with Gasteiger partial charge in [-0.2, -0.15) is 5.10 Å². The van der Waals surface area contributed by atoms with Crippen LogP contribution >= 0.6 is 0 Å². The Balaban J connectivity index is 1.86. The molecule has 0 saturated heterocycles. The van der Waals surface area contributed by atoms with E-state index in [1.807, 2.05) is 35.0 Å². The van der Waals surface area contributed by atoms with E-state index in [0.29, 0.717) is 18.0 Å². The topological polar surface area (TPSA) is 55.1 Å². The second kappa shape index (κ2) is 7.83. The van der Waals surface area contributed by atoms with Gasteiger partial charge in [-0.3, -0.25) is 4.68 Å². The minimum atomic E-state index is -0.914. The first-order valence-corrected chi connectivity index (χ1v) is 8.66. The highest BCUT2D eigenvalue weighted by Crippen LogP contribution is 2.18. The average Bonchev–Trinajstić information content (AvgIpc) is 3.04. The Bertz CT molecular complexity index is 907. The van der Waals surface area contributed by atoms with E-state index >= 15 is 0 Å². The molecular formula is C22H22N2O2. The van der Waals surface area contributed by atoms with E-state index < -0.39 is 5.97 Å².